The lowest BCUT2D eigenvalue weighted by molar-refractivity contribution is -0.118. The van der Waals surface area contributed by atoms with Crippen molar-refractivity contribution in [1.29, 1.82) is 0 Å². The number of ether oxygens (including phenoxy) is 1. The van der Waals surface area contributed by atoms with E-state index in [4.69, 9.17) is 4.74 Å². The van der Waals surface area contributed by atoms with E-state index in [0.717, 1.165) is 17.7 Å². The number of anilines is 1. The van der Waals surface area contributed by atoms with Gasteiger partial charge in [0.05, 0.1) is 0 Å². The van der Waals surface area contributed by atoms with Crippen LogP contribution in [-0.4, -0.2) is 12.5 Å². The lowest BCUT2D eigenvalue weighted by Crippen LogP contribution is -2.21. The van der Waals surface area contributed by atoms with Crippen LogP contribution in [0.1, 0.15) is 12.5 Å². The first-order chi connectivity index (χ1) is 9.70. The van der Waals surface area contributed by atoms with E-state index >= 15 is 0 Å². The molecule has 0 aliphatic heterocycles. The number of para-hydroxylation sites is 2. The number of rotatable bonds is 5. The van der Waals surface area contributed by atoms with Gasteiger partial charge in [0.1, 0.15) is 0 Å². The van der Waals surface area contributed by atoms with E-state index < -0.39 is 5.82 Å². The summed E-state index contributed by atoms with van der Waals surface area (Å²) in [6.07, 6.45) is 0.824. The van der Waals surface area contributed by atoms with E-state index in [1.807, 2.05) is 31.2 Å². The summed E-state index contributed by atoms with van der Waals surface area (Å²) in [4.78, 5) is 11.8. The zero-order valence-electron chi connectivity index (χ0n) is 11.2. The minimum atomic E-state index is -0.478. The lowest BCUT2D eigenvalue weighted by atomic mass is 10.1. The molecule has 0 heterocycles. The molecule has 0 spiro atoms. The molecule has 0 aliphatic carbocycles. The first-order valence-corrected chi connectivity index (χ1v) is 6.45. The molecule has 104 valence electrons. The van der Waals surface area contributed by atoms with Gasteiger partial charge in [-0.15, -0.1) is 0 Å². The van der Waals surface area contributed by atoms with Gasteiger partial charge in [-0.05, 0) is 30.2 Å². The highest BCUT2D eigenvalue weighted by Gasteiger charge is 2.08. The van der Waals surface area contributed by atoms with Crippen molar-refractivity contribution in [1.82, 2.24) is 0 Å². The van der Waals surface area contributed by atoms with Gasteiger partial charge in [-0.1, -0.05) is 37.3 Å². The molecule has 2 rings (SSSR count). The van der Waals surface area contributed by atoms with E-state index in [2.05, 4.69) is 5.32 Å². The second kappa shape index (κ2) is 6.70. The Morgan fingerprint density at radius 3 is 2.60 bits per heavy atom. The molecule has 0 radical (unpaired) electrons. The summed E-state index contributed by atoms with van der Waals surface area (Å²) >= 11 is 0. The first-order valence-electron chi connectivity index (χ1n) is 6.45. The molecule has 0 unspecified atom stereocenters. The van der Waals surface area contributed by atoms with E-state index in [0.29, 0.717) is 0 Å². The van der Waals surface area contributed by atoms with E-state index in [1.165, 1.54) is 12.1 Å². The van der Waals surface area contributed by atoms with Crippen molar-refractivity contribution < 1.29 is 13.9 Å². The molecule has 2 aromatic rings. The number of benzene rings is 2. The minimum Gasteiger partial charge on any atom is -0.481 e. The van der Waals surface area contributed by atoms with Crippen LogP contribution in [0.25, 0.3) is 0 Å². The Morgan fingerprint density at radius 1 is 1.15 bits per heavy atom. The van der Waals surface area contributed by atoms with Gasteiger partial charge in [0.25, 0.3) is 5.91 Å². The predicted octanol–water partition coefficient (Wildman–Crippen LogP) is 3.41. The number of aryl methyl sites for hydroxylation is 1. The maximum atomic E-state index is 13.3. The van der Waals surface area contributed by atoms with Crippen molar-refractivity contribution in [2.24, 2.45) is 0 Å². The Labute approximate surface area is 117 Å². The molecule has 1 N–H and O–H groups in total. The van der Waals surface area contributed by atoms with Crippen molar-refractivity contribution in [2.75, 3.05) is 11.9 Å². The van der Waals surface area contributed by atoms with Gasteiger partial charge < -0.3 is 10.1 Å². The van der Waals surface area contributed by atoms with Crippen LogP contribution in [-0.2, 0) is 11.2 Å². The molecular formula is C16H16FNO2. The molecule has 0 fully saturated rings. The Kier molecular flexibility index (Phi) is 4.71. The molecule has 20 heavy (non-hydrogen) atoms. The largest absolute Gasteiger partial charge is 0.481 e. The van der Waals surface area contributed by atoms with Crippen LogP contribution >= 0.6 is 0 Å². The zero-order valence-corrected chi connectivity index (χ0v) is 11.2. The minimum absolute atomic E-state index is 0.0754. The fourth-order valence-corrected chi connectivity index (χ4v) is 1.84. The number of hydrogen-bond donors (Lipinski definition) is 1. The quantitative estimate of drug-likeness (QED) is 0.906. The molecular weight excluding hydrogens is 257 g/mol. The summed E-state index contributed by atoms with van der Waals surface area (Å²) in [5, 5.41) is 2.76. The van der Waals surface area contributed by atoms with E-state index in [-0.39, 0.29) is 18.3 Å². The monoisotopic (exact) mass is 273 g/mol. The topological polar surface area (TPSA) is 38.3 Å². The zero-order chi connectivity index (χ0) is 14.4. The third-order valence-corrected chi connectivity index (χ3v) is 2.87. The average Bonchev–Trinajstić information content (AvgIpc) is 2.47. The number of hydrogen-bond acceptors (Lipinski definition) is 2. The Bertz CT molecular complexity index is 599. The van der Waals surface area contributed by atoms with Gasteiger partial charge in [0, 0.05) is 5.69 Å². The Hall–Kier alpha value is -2.36. The summed E-state index contributed by atoms with van der Waals surface area (Å²) in [6.45, 7) is 1.79. The second-order valence-electron chi connectivity index (χ2n) is 4.28. The van der Waals surface area contributed by atoms with Crippen molar-refractivity contribution in [3.63, 3.8) is 0 Å². The average molecular weight is 273 g/mol. The van der Waals surface area contributed by atoms with Gasteiger partial charge in [0.2, 0.25) is 0 Å². The van der Waals surface area contributed by atoms with E-state index in [9.17, 15) is 9.18 Å². The van der Waals surface area contributed by atoms with Crippen molar-refractivity contribution in [3.8, 4) is 5.75 Å². The van der Waals surface area contributed by atoms with Gasteiger partial charge in [-0.25, -0.2) is 4.39 Å². The molecule has 1 amide bonds. The summed E-state index contributed by atoms with van der Waals surface area (Å²) in [5.41, 5.74) is 1.81. The first kappa shape index (κ1) is 14.1. The molecule has 4 heteroatoms. The maximum absolute atomic E-state index is 13.3. The normalized spacial score (nSPS) is 10.1. The predicted molar refractivity (Wildman–Crippen MR) is 76.3 cm³/mol. The van der Waals surface area contributed by atoms with Crippen LogP contribution in [0.15, 0.2) is 48.5 Å². The second-order valence-corrected chi connectivity index (χ2v) is 4.28. The van der Waals surface area contributed by atoms with Crippen LogP contribution in [0.4, 0.5) is 10.1 Å². The SMILES string of the molecule is CCc1ccccc1NC(=O)COc1ccccc1F. The lowest BCUT2D eigenvalue weighted by Gasteiger charge is -2.10. The smallest absolute Gasteiger partial charge is 0.262 e. The van der Waals surface area contributed by atoms with Crippen molar-refractivity contribution >= 4 is 11.6 Å². The highest BCUT2D eigenvalue weighted by atomic mass is 19.1. The van der Waals surface area contributed by atoms with Crippen LogP contribution in [0, 0.1) is 5.82 Å². The number of amides is 1. The van der Waals surface area contributed by atoms with Crippen molar-refractivity contribution in [3.05, 3.63) is 59.9 Å². The fourth-order valence-electron chi connectivity index (χ4n) is 1.84. The van der Waals surface area contributed by atoms with Gasteiger partial charge >= 0.3 is 0 Å². The molecule has 0 saturated heterocycles. The molecule has 2 aromatic carbocycles. The van der Waals surface area contributed by atoms with Crippen LogP contribution in [0.2, 0.25) is 0 Å². The fraction of sp³-hybridized carbons (Fsp3) is 0.188. The third-order valence-electron chi connectivity index (χ3n) is 2.87. The van der Waals surface area contributed by atoms with Gasteiger partial charge in [-0.3, -0.25) is 4.79 Å². The molecule has 0 saturated carbocycles. The highest BCUT2D eigenvalue weighted by molar-refractivity contribution is 5.92. The molecule has 0 atom stereocenters. The third kappa shape index (κ3) is 3.57. The van der Waals surface area contributed by atoms with Gasteiger partial charge in [0.15, 0.2) is 18.2 Å². The molecule has 0 bridgehead atoms. The van der Waals surface area contributed by atoms with Crippen LogP contribution in [0.5, 0.6) is 5.75 Å². The van der Waals surface area contributed by atoms with E-state index in [1.54, 1.807) is 12.1 Å². The molecule has 3 nitrogen and oxygen atoms in total. The number of halogens is 1. The molecule has 0 aromatic heterocycles. The maximum Gasteiger partial charge on any atom is 0.262 e. The number of carbonyl (C=O) groups excluding carboxylic acids is 1. The molecule has 0 aliphatic rings. The van der Waals surface area contributed by atoms with Gasteiger partial charge in [-0.2, -0.15) is 0 Å². The summed E-state index contributed by atoms with van der Waals surface area (Å²) in [6, 6.07) is 13.6. The Morgan fingerprint density at radius 2 is 1.85 bits per heavy atom. The summed E-state index contributed by atoms with van der Waals surface area (Å²) in [7, 11) is 0. The number of carbonyl (C=O) groups is 1. The standard InChI is InChI=1S/C16H16FNO2/c1-2-12-7-3-5-9-14(12)18-16(19)11-20-15-10-6-4-8-13(15)17/h3-10H,2,11H2,1H3,(H,18,19). The highest BCUT2D eigenvalue weighted by Crippen LogP contribution is 2.17. The van der Waals surface area contributed by atoms with Crippen molar-refractivity contribution in [2.45, 2.75) is 13.3 Å². The van der Waals surface area contributed by atoms with Crippen LogP contribution < -0.4 is 10.1 Å². The Balaban J connectivity index is 1.95. The summed E-state index contributed by atoms with van der Waals surface area (Å²) < 4.78 is 18.5. The number of nitrogens with one attached hydrogen (secondary N) is 1. The summed E-state index contributed by atoms with van der Waals surface area (Å²) in [5.74, 6) is -0.713. The van der Waals surface area contributed by atoms with Crippen LogP contribution in [0.3, 0.4) is 0 Å².